The van der Waals surface area contributed by atoms with E-state index in [-0.39, 0.29) is 72.5 Å². The summed E-state index contributed by atoms with van der Waals surface area (Å²) < 4.78 is 0. The number of benzene rings is 3. The minimum Gasteiger partial charge on any atom is -0.356 e. The number of nitrogens with one attached hydrogen (secondary N) is 3. The van der Waals surface area contributed by atoms with Crippen molar-refractivity contribution in [3.8, 4) is 0 Å². The molecule has 7 rings (SSSR count). The van der Waals surface area contributed by atoms with Gasteiger partial charge in [-0.3, -0.25) is 24.0 Å². The van der Waals surface area contributed by atoms with Crippen LogP contribution in [0.5, 0.6) is 0 Å². The Hall–Kier alpha value is -4.99. The van der Waals surface area contributed by atoms with Gasteiger partial charge in [-0.15, -0.1) is 0 Å². The molecule has 1 unspecified atom stereocenters. The summed E-state index contributed by atoms with van der Waals surface area (Å²) in [6.45, 7) is 4.10. The Bertz CT molecular complexity index is 1880. The quantitative estimate of drug-likeness (QED) is 0.0777. The zero-order valence-electron chi connectivity index (χ0n) is 37.6. The molecule has 7 atom stereocenters. The van der Waals surface area contributed by atoms with Crippen molar-refractivity contribution in [2.75, 3.05) is 32.7 Å². The molecule has 3 N–H and O–H groups in total. The standard InChI is InChI=1S/C53H71N5O5/c1-2-3-4-5-6-7-8-9-10-11-12-13-14-21-31-54-49(59)42-30-32-57(35-42)52(62)40-26-28-41(29-27-40)53(63)58-36-45(50(60)55-47-33-43(47)38-22-17-15-18-23-38)46(37-58)51(61)56-48-34-44(48)39-24-19-16-20-25-39/h15-20,22-29,42-48H,2-14,21,30-37H2,1H3,(H,54,59)(H,55,60)(H,56,61)/t42?,43-,44-,45-,46-,47+,48+/m1/s1. The summed E-state index contributed by atoms with van der Waals surface area (Å²) in [7, 11) is 0. The molecule has 0 spiro atoms. The van der Waals surface area contributed by atoms with Crippen molar-refractivity contribution in [2.45, 2.75) is 140 Å². The Morgan fingerprint density at radius 1 is 0.508 bits per heavy atom. The van der Waals surface area contributed by atoms with Gasteiger partial charge >= 0.3 is 0 Å². The van der Waals surface area contributed by atoms with E-state index in [1.807, 2.05) is 36.4 Å². The Labute approximate surface area is 375 Å². The van der Waals surface area contributed by atoms with Crippen LogP contribution in [0.15, 0.2) is 84.9 Å². The Morgan fingerprint density at radius 3 is 1.40 bits per heavy atom. The molecular weight excluding hydrogens is 787 g/mol. The number of likely N-dealkylation sites (tertiary alicyclic amines) is 2. The number of hydrogen-bond donors (Lipinski definition) is 3. The molecule has 338 valence electrons. The van der Waals surface area contributed by atoms with Gasteiger partial charge in [-0.1, -0.05) is 151 Å². The van der Waals surface area contributed by atoms with E-state index in [4.69, 9.17) is 0 Å². The van der Waals surface area contributed by atoms with Crippen molar-refractivity contribution < 1.29 is 24.0 Å². The van der Waals surface area contributed by atoms with Crippen LogP contribution in [0.25, 0.3) is 0 Å². The average molecular weight is 858 g/mol. The van der Waals surface area contributed by atoms with E-state index in [1.54, 1.807) is 34.1 Å². The van der Waals surface area contributed by atoms with E-state index < -0.39 is 11.8 Å². The Balaban J connectivity index is 0.838. The maximum Gasteiger partial charge on any atom is 0.253 e. The second kappa shape index (κ2) is 23.1. The highest BCUT2D eigenvalue weighted by molar-refractivity contribution is 5.99. The van der Waals surface area contributed by atoms with Crippen molar-refractivity contribution in [2.24, 2.45) is 17.8 Å². The Kier molecular flexibility index (Phi) is 16.9. The molecule has 5 amide bonds. The lowest BCUT2D eigenvalue weighted by molar-refractivity contribution is -0.133. The molecular formula is C53H71N5O5. The highest BCUT2D eigenvalue weighted by atomic mass is 16.2. The summed E-state index contributed by atoms with van der Waals surface area (Å²) in [5.74, 6) is -1.90. The minimum atomic E-state index is -0.680. The number of unbranched alkanes of at least 4 members (excludes halogenated alkanes) is 13. The van der Waals surface area contributed by atoms with Gasteiger partial charge in [0.2, 0.25) is 17.7 Å². The van der Waals surface area contributed by atoms with Gasteiger partial charge in [-0.05, 0) is 61.1 Å². The zero-order valence-corrected chi connectivity index (χ0v) is 37.6. The molecule has 2 aliphatic heterocycles. The largest absolute Gasteiger partial charge is 0.356 e. The summed E-state index contributed by atoms with van der Waals surface area (Å²) >= 11 is 0. The number of nitrogens with zero attached hydrogens (tertiary/aromatic N) is 2. The molecule has 3 aromatic rings. The second-order valence-electron chi connectivity index (χ2n) is 18.9. The number of carbonyl (C=O) groups is 5. The molecule has 4 aliphatic rings. The van der Waals surface area contributed by atoms with Crippen LogP contribution in [0.1, 0.15) is 160 Å². The van der Waals surface area contributed by atoms with Gasteiger partial charge in [0, 0.05) is 67.8 Å². The third-order valence-electron chi connectivity index (χ3n) is 14.0. The molecule has 63 heavy (non-hydrogen) atoms. The molecule has 3 aromatic carbocycles. The summed E-state index contributed by atoms with van der Waals surface area (Å²) in [6.07, 6.45) is 20.5. The van der Waals surface area contributed by atoms with E-state index in [0.29, 0.717) is 37.2 Å². The van der Waals surface area contributed by atoms with Gasteiger partial charge in [0.25, 0.3) is 11.8 Å². The van der Waals surface area contributed by atoms with Crippen LogP contribution >= 0.6 is 0 Å². The molecule has 0 bridgehead atoms. The summed E-state index contributed by atoms with van der Waals surface area (Å²) in [4.78, 5) is 71.5. The first-order valence-electron chi connectivity index (χ1n) is 24.5. The molecule has 10 heteroatoms. The Morgan fingerprint density at radius 2 is 0.937 bits per heavy atom. The molecule has 2 heterocycles. The van der Waals surface area contributed by atoms with E-state index >= 15 is 0 Å². The van der Waals surface area contributed by atoms with Crippen molar-refractivity contribution in [1.29, 1.82) is 0 Å². The molecule has 4 fully saturated rings. The van der Waals surface area contributed by atoms with Gasteiger partial charge < -0.3 is 25.8 Å². The third-order valence-corrected chi connectivity index (χ3v) is 14.0. The fourth-order valence-corrected chi connectivity index (χ4v) is 9.88. The smallest absolute Gasteiger partial charge is 0.253 e. The topological polar surface area (TPSA) is 128 Å². The van der Waals surface area contributed by atoms with Gasteiger partial charge in [0.15, 0.2) is 0 Å². The van der Waals surface area contributed by atoms with Gasteiger partial charge in [0.05, 0.1) is 17.8 Å². The first kappa shape index (κ1) is 46.0. The number of carbonyl (C=O) groups excluding carboxylic acids is 5. The van der Waals surface area contributed by atoms with Crippen LogP contribution in [0.2, 0.25) is 0 Å². The van der Waals surface area contributed by atoms with E-state index in [9.17, 15) is 24.0 Å². The van der Waals surface area contributed by atoms with Crippen LogP contribution in [0, 0.1) is 17.8 Å². The zero-order chi connectivity index (χ0) is 44.0. The predicted molar refractivity (Wildman–Crippen MR) is 248 cm³/mol. The van der Waals surface area contributed by atoms with Crippen LogP contribution in [-0.4, -0.2) is 84.1 Å². The van der Waals surface area contributed by atoms with E-state index in [0.717, 1.165) is 25.7 Å². The summed E-state index contributed by atoms with van der Waals surface area (Å²) in [5, 5.41) is 9.50. The molecule has 2 saturated carbocycles. The maximum atomic E-state index is 14.0. The first-order valence-corrected chi connectivity index (χ1v) is 24.5. The average Bonchev–Trinajstić information content (AvgIpc) is 4.14. The second-order valence-corrected chi connectivity index (χ2v) is 18.9. The summed E-state index contributed by atoms with van der Waals surface area (Å²) in [6, 6.07) is 26.9. The molecule has 10 nitrogen and oxygen atoms in total. The van der Waals surface area contributed by atoms with E-state index in [1.165, 1.54) is 88.2 Å². The summed E-state index contributed by atoms with van der Waals surface area (Å²) in [5.41, 5.74) is 3.22. The molecule has 2 saturated heterocycles. The fraction of sp³-hybridized carbons (Fsp3) is 0.566. The van der Waals surface area contributed by atoms with Gasteiger partial charge in [-0.25, -0.2) is 0 Å². The number of amides is 5. The first-order chi connectivity index (χ1) is 30.8. The SMILES string of the molecule is CCCCCCCCCCCCCCCCNC(=O)C1CCN(C(=O)c2ccc(C(=O)N3C[C@@H](C(=O)N[C@H]4C[C@@H]4c4ccccc4)[C@H](C(=O)N[C@H]4C[C@@H]4c4ccccc4)C3)cc2)C1. The lowest BCUT2D eigenvalue weighted by Gasteiger charge is -2.18. The third kappa shape index (κ3) is 13.0. The molecule has 0 aromatic heterocycles. The van der Waals surface area contributed by atoms with Crippen molar-refractivity contribution in [1.82, 2.24) is 25.8 Å². The lowest BCUT2D eigenvalue weighted by Crippen LogP contribution is -2.43. The van der Waals surface area contributed by atoms with Crippen LogP contribution in [0.4, 0.5) is 0 Å². The van der Waals surface area contributed by atoms with Crippen molar-refractivity contribution >= 4 is 29.5 Å². The highest BCUT2D eigenvalue weighted by Crippen LogP contribution is 2.42. The normalized spacial score (nSPS) is 23.6. The van der Waals surface area contributed by atoms with Crippen molar-refractivity contribution in [3.63, 3.8) is 0 Å². The van der Waals surface area contributed by atoms with Gasteiger partial charge in [0.1, 0.15) is 0 Å². The maximum absolute atomic E-state index is 14.0. The number of rotatable bonds is 24. The van der Waals surface area contributed by atoms with E-state index in [2.05, 4.69) is 47.1 Å². The molecule has 2 aliphatic carbocycles. The highest BCUT2D eigenvalue weighted by Gasteiger charge is 2.49. The van der Waals surface area contributed by atoms with Crippen LogP contribution in [0.3, 0.4) is 0 Å². The monoisotopic (exact) mass is 858 g/mol. The fourth-order valence-electron chi connectivity index (χ4n) is 9.88. The minimum absolute atomic E-state index is 0.00314. The van der Waals surface area contributed by atoms with Crippen LogP contribution < -0.4 is 16.0 Å². The van der Waals surface area contributed by atoms with Crippen molar-refractivity contribution in [3.05, 3.63) is 107 Å². The number of hydrogen-bond acceptors (Lipinski definition) is 5. The van der Waals surface area contributed by atoms with Crippen LogP contribution in [-0.2, 0) is 14.4 Å². The predicted octanol–water partition coefficient (Wildman–Crippen LogP) is 8.78. The molecule has 0 radical (unpaired) electrons. The lowest BCUT2D eigenvalue weighted by atomic mass is 9.94. The van der Waals surface area contributed by atoms with Gasteiger partial charge in [-0.2, -0.15) is 0 Å².